The van der Waals surface area contributed by atoms with Gasteiger partial charge in [-0.3, -0.25) is 4.79 Å². The molecule has 2 aliphatic rings. The zero-order valence-corrected chi connectivity index (χ0v) is 10.2. The van der Waals surface area contributed by atoms with E-state index in [0.29, 0.717) is 12.3 Å². The van der Waals surface area contributed by atoms with Gasteiger partial charge in [0.25, 0.3) is 0 Å². The predicted molar refractivity (Wildman–Crippen MR) is 63.4 cm³/mol. The van der Waals surface area contributed by atoms with Crippen molar-refractivity contribution < 1.29 is 9.90 Å². The summed E-state index contributed by atoms with van der Waals surface area (Å²) in [5, 5.41) is 8.79. The van der Waals surface area contributed by atoms with Crippen molar-refractivity contribution in [2.45, 2.75) is 51.5 Å². The molecule has 3 nitrogen and oxygen atoms in total. The van der Waals surface area contributed by atoms with Crippen molar-refractivity contribution in [2.75, 3.05) is 13.1 Å². The van der Waals surface area contributed by atoms with Gasteiger partial charge in [0.2, 0.25) is 0 Å². The minimum absolute atomic E-state index is 0.360. The lowest BCUT2D eigenvalue weighted by atomic mass is 9.86. The van der Waals surface area contributed by atoms with Gasteiger partial charge in [0.05, 0.1) is 0 Å². The first-order chi connectivity index (χ1) is 7.65. The van der Waals surface area contributed by atoms with Crippen LogP contribution in [0.1, 0.15) is 45.4 Å². The Morgan fingerprint density at radius 2 is 2.19 bits per heavy atom. The van der Waals surface area contributed by atoms with Crippen molar-refractivity contribution in [3.8, 4) is 0 Å². The van der Waals surface area contributed by atoms with E-state index in [9.17, 15) is 4.79 Å². The van der Waals surface area contributed by atoms with Crippen LogP contribution in [-0.4, -0.2) is 35.1 Å². The maximum atomic E-state index is 10.7. The van der Waals surface area contributed by atoms with Crippen molar-refractivity contribution in [1.29, 1.82) is 0 Å². The minimum atomic E-state index is -0.635. The monoisotopic (exact) mass is 225 g/mol. The molecule has 1 saturated carbocycles. The summed E-state index contributed by atoms with van der Waals surface area (Å²) in [5.41, 5.74) is 0. The summed E-state index contributed by atoms with van der Waals surface area (Å²) in [6, 6.07) is 0.738. The molecule has 1 heterocycles. The highest BCUT2D eigenvalue weighted by molar-refractivity contribution is 5.67. The van der Waals surface area contributed by atoms with Crippen LogP contribution >= 0.6 is 0 Å². The molecule has 0 amide bonds. The van der Waals surface area contributed by atoms with Crippen LogP contribution < -0.4 is 0 Å². The molecule has 3 atom stereocenters. The maximum absolute atomic E-state index is 10.7. The molecule has 2 fully saturated rings. The first-order valence-electron chi connectivity index (χ1n) is 6.61. The van der Waals surface area contributed by atoms with Gasteiger partial charge in [0.1, 0.15) is 0 Å². The molecule has 0 aromatic heterocycles. The third-order valence-corrected chi connectivity index (χ3v) is 4.21. The fourth-order valence-corrected chi connectivity index (χ4v) is 3.34. The topological polar surface area (TPSA) is 40.5 Å². The highest BCUT2D eigenvalue weighted by Gasteiger charge is 2.31. The fourth-order valence-electron chi connectivity index (χ4n) is 3.34. The molecule has 3 unspecified atom stereocenters. The Morgan fingerprint density at radius 1 is 1.38 bits per heavy atom. The summed E-state index contributed by atoms with van der Waals surface area (Å²) in [7, 11) is 0. The van der Waals surface area contributed by atoms with Gasteiger partial charge in [-0.25, -0.2) is 0 Å². The number of hydrogen-bond donors (Lipinski definition) is 1. The Kier molecular flexibility index (Phi) is 3.85. The van der Waals surface area contributed by atoms with E-state index >= 15 is 0 Å². The zero-order chi connectivity index (χ0) is 11.5. The lowest BCUT2D eigenvalue weighted by Crippen LogP contribution is -2.37. The molecular formula is C13H23NO2. The van der Waals surface area contributed by atoms with Gasteiger partial charge in [-0.05, 0) is 37.6 Å². The van der Waals surface area contributed by atoms with E-state index in [4.69, 9.17) is 5.11 Å². The Hall–Kier alpha value is -0.570. The van der Waals surface area contributed by atoms with Gasteiger partial charge < -0.3 is 10.0 Å². The Labute approximate surface area is 97.8 Å². The average Bonchev–Trinajstić information content (AvgIpc) is 2.65. The molecule has 92 valence electrons. The van der Waals surface area contributed by atoms with Crippen LogP contribution in [0.25, 0.3) is 0 Å². The van der Waals surface area contributed by atoms with Crippen LogP contribution in [0.5, 0.6) is 0 Å². The number of carboxylic acids is 1. The van der Waals surface area contributed by atoms with Crippen molar-refractivity contribution in [1.82, 2.24) is 4.90 Å². The fraction of sp³-hybridized carbons (Fsp3) is 0.923. The van der Waals surface area contributed by atoms with Gasteiger partial charge in [0, 0.05) is 19.0 Å². The van der Waals surface area contributed by atoms with Crippen LogP contribution in [-0.2, 0) is 4.79 Å². The van der Waals surface area contributed by atoms with Crippen molar-refractivity contribution >= 4 is 5.97 Å². The number of nitrogens with zero attached hydrogens (tertiary/aromatic N) is 1. The average molecular weight is 225 g/mol. The van der Waals surface area contributed by atoms with Gasteiger partial charge in [-0.1, -0.05) is 19.8 Å². The number of likely N-dealkylation sites (tertiary alicyclic amines) is 1. The van der Waals surface area contributed by atoms with E-state index in [1.165, 1.54) is 25.7 Å². The Morgan fingerprint density at radius 3 is 2.88 bits per heavy atom. The third-order valence-electron chi connectivity index (χ3n) is 4.21. The largest absolute Gasteiger partial charge is 0.481 e. The number of carboxylic acid groups (broad SMARTS) is 1. The highest BCUT2D eigenvalue weighted by Crippen LogP contribution is 2.31. The second-order valence-electron chi connectivity index (χ2n) is 5.67. The van der Waals surface area contributed by atoms with Gasteiger partial charge >= 0.3 is 5.97 Å². The number of carbonyl (C=O) groups is 1. The number of hydrogen-bond acceptors (Lipinski definition) is 2. The van der Waals surface area contributed by atoms with Gasteiger partial charge in [-0.15, -0.1) is 0 Å². The molecule has 2 rings (SSSR count). The Bertz CT molecular complexity index is 254. The molecule has 0 aromatic carbocycles. The lowest BCUT2D eigenvalue weighted by molar-refractivity contribution is -0.138. The molecule has 1 N–H and O–H groups in total. The van der Waals surface area contributed by atoms with E-state index in [1.54, 1.807) is 0 Å². The maximum Gasteiger partial charge on any atom is 0.303 e. The first-order valence-corrected chi connectivity index (χ1v) is 6.61. The van der Waals surface area contributed by atoms with E-state index in [0.717, 1.165) is 31.5 Å². The molecule has 3 heteroatoms. The van der Waals surface area contributed by atoms with Crippen LogP contribution in [0.15, 0.2) is 0 Å². The number of rotatable bonds is 3. The zero-order valence-electron chi connectivity index (χ0n) is 10.2. The van der Waals surface area contributed by atoms with Crippen LogP contribution in [0, 0.1) is 11.8 Å². The second kappa shape index (κ2) is 5.17. The molecule has 1 saturated heterocycles. The van der Waals surface area contributed by atoms with E-state index < -0.39 is 5.97 Å². The summed E-state index contributed by atoms with van der Waals surface area (Å²) in [6.07, 6.45) is 6.81. The molecule has 1 aliphatic carbocycles. The number of aliphatic carboxylic acids is 1. The standard InChI is InChI=1S/C13H23NO2/c1-10-3-2-4-12(7-10)14-6-5-11(9-14)8-13(15)16/h10-12H,2-9H2,1H3,(H,15,16). The summed E-state index contributed by atoms with van der Waals surface area (Å²) < 4.78 is 0. The van der Waals surface area contributed by atoms with Gasteiger partial charge in [-0.2, -0.15) is 0 Å². The summed E-state index contributed by atoms with van der Waals surface area (Å²) in [5.74, 6) is 0.621. The van der Waals surface area contributed by atoms with Crippen LogP contribution in [0.4, 0.5) is 0 Å². The van der Waals surface area contributed by atoms with E-state index in [1.807, 2.05) is 0 Å². The van der Waals surface area contributed by atoms with E-state index in [2.05, 4.69) is 11.8 Å². The van der Waals surface area contributed by atoms with Crippen molar-refractivity contribution in [3.05, 3.63) is 0 Å². The SMILES string of the molecule is CC1CCCC(N2CCC(CC(=O)O)C2)C1. The normalized spacial score (nSPS) is 36.4. The quantitative estimate of drug-likeness (QED) is 0.801. The molecule has 0 bridgehead atoms. The Balaban J connectivity index is 1.81. The molecule has 0 radical (unpaired) electrons. The molecule has 0 aromatic rings. The van der Waals surface area contributed by atoms with Crippen molar-refractivity contribution in [2.24, 2.45) is 11.8 Å². The van der Waals surface area contributed by atoms with E-state index in [-0.39, 0.29) is 0 Å². The lowest BCUT2D eigenvalue weighted by Gasteiger charge is -2.34. The summed E-state index contributed by atoms with van der Waals surface area (Å²) >= 11 is 0. The summed E-state index contributed by atoms with van der Waals surface area (Å²) in [4.78, 5) is 13.2. The van der Waals surface area contributed by atoms with Crippen LogP contribution in [0.3, 0.4) is 0 Å². The molecular weight excluding hydrogens is 202 g/mol. The van der Waals surface area contributed by atoms with Crippen molar-refractivity contribution in [3.63, 3.8) is 0 Å². The molecule has 16 heavy (non-hydrogen) atoms. The minimum Gasteiger partial charge on any atom is -0.481 e. The summed E-state index contributed by atoms with van der Waals surface area (Å²) in [6.45, 7) is 4.48. The first kappa shape index (κ1) is 11.9. The smallest absolute Gasteiger partial charge is 0.303 e. The molecule has 0 spiro atoms. The highest BCUT2D eigenvalue weighted by atomic mass is 16.4. The predicted octanol–water partition coefficient (Wildman–Crippen LogP) is 2.36. The second-order valence-corrected chi connectivity index (χ2v) is 5.67. The van der Waals surface area contributed by atoms with Crippen LogP contribution in [0.2, 0.25) is 0 Å². The molecule has 1 aliphatic heterocycles. The third kappa shape index (κ3) is 2.97. The van der Waals surface area contributed by atoms with Gasteiger partial charge in [0.15, 0.2) is 0 Å².